The van der Waals surface area contributed by atoms with Gasteiger partial charge >= 0.3 is 29.2 Å². The van der Waals surface area contributed by atoms with Crippen molar-refractivity contribution in [2.75, 3.05) is 12.3 Å². The van der Waals surface area contributed by atoms with E-state index in [9.17, 15) is 33.6 Å². The van der Waals surface area contributed by atoms with Crippen molar-refractivity contribution < 1.29 is 61.4 Å². The number of phosphoric acid groups is 3. The molecule has 17 nitrogen and oxygen atoms in total. The molecule has 2 unspecified atom stereocenters. The Hall–Kier alpha value is -1.03. The van der Waals surface area contributed by atoms with E-state index in [1.54, 1.807) is 0 Å². The third-order valence-corrected chi connectivity index (χ3v) is 7.57. The second kappa shape index (κ2) is 8.48. The summed E-state index contributed by atoms with van der Waals surface area (Å²) in [6, 6.07) is 1.20. The molecule has 2 heterocycles. The molecule has 6 atom stereocenters. The lowest BCUT2D eigenvalue weighted by Crippen LogP contribution is -2.48. The number of anilines is 1. The van der Waals surface area contributed by atoms with Crippen molar-refractivity contribution in [2.24, 2.45) is 0 Å². The highest BCUT2D eigenvalue weighted by molar-refractivity contribution is 7.66. The van der Waals surface area contributed by atoms with Gasteiger partial charge in [-0.15, -0.1) is 0 Å². The van der Waals surface area contributed by atoms with E-state index in [4.69, 9.17) is 25.2 Å². The number of ether oxygens (including phenoxy) is 1. The molecule has 0 spiro atoms. The minimum absolute atomic E-state index is 0.128. The van der Waals surface area contributed by atoms with Crippen molar-refractivity contribution in [1.29, 1.82) is 0 Å². The summed E-state index contributed by atoms with van der Waals surface area (Å²) in [6.45, 7) is 0.152. The molecule has 20 heteroatoms. The van der Waals surface area contributed by atoms with Gasteiger partial charge in [-0.25, -0.2) is 18.5 Å². The van der Waals surface area contributed by atoms with E-state index >= 15 is 0 Å². The number of aliphatic hydroxyl groups is 2. The third kappa shape index (κ3) is 6.02. The number of hydrogen-bond acceptors (Lipinski definition) is 12. The number of aromatic nitrogens is 2. The molecule has 1 fully saturated rings. The van der Waals surface area contributed by atoms with Gasteiger partial charge < -0.3 is 40.3 Å². The summed E-state index contributed by atoms with van der Waals surface area (Å²) in [5.74, 6) is -0.128. The largest absolute Gasteiger partial charge is 0.490 e. The second-order valence-electron chi connectivity index (χ2n) is 6.04. The molecule has 0 aromatic carbocycles. The summed E-state index contributed by atoms with van der Waals surface area (Å²) in [6.07, 6.45) is -4.01. The molecule has 0 bridgehead atoms. The van der Waals surface area contributed by atoms with Crippen LogP contribution in [0, 0.1) is 0 Å². The Morgan fingerprint density at radius 1 is 1.20 bits per heavy atom. The zero-order chi connectivity index (χ0) is 23.1. The van der Waals surface area contributed by atoms with Crippen LogP contribution in [0.15, 0.2) is 17.1 Å². The van der Waals surface area contributed by atoms with E-state index in [1.807, 2.05) is 0 Å². The van der Waals surface area contributed by atoms with Crippen LogP contribution < -0.4 is 11.4 Å². The number of nitrogens with two attached hydrogens (primary N) is 1. The van der Waals surface area contributed by atoms with Gasteiger partial charge in [0, 0.05) is 6.20 Å². The van der Waals surface area contributed by atoms with Crippen LogP contribution in [-0.4, -0.2) is 64.3 Å². The Morgan fingerprint density at radius 2 is 1.80 bits per heavy atom. The highest BCUT2D eigenvalue weighted by atomic mass is 31.3. The normalized spacial score (nSPS) is 31.2. The van der Waals surface area contributed by atoms with Gasteiger partial charge in [-0.3, -0.25) is 9.09 Å². The minimum Gasteiger partial charge on any atom is -0.387 e. The van der Waals surface area contributed by atoms with Crippen LogP contribution in [0.1, 0.15) is 6.92 Å². The Morgan fingerprint density at radius 3 is 2.33 bits per heavy atom. The summed E-state index contributed by atoms with van der Waals surface area (Å²) in [7, 11) is -16.8. The van der Waals surface area contributed by atoms with Crippen LogP contribution in [0.2, 0.25) is 0 Å². The van der Waals surface area contributed by atoms with Crippen LogP contribution in [0.25, 0.3) is 0 Å². The predicted octanol–water partition coefficient (Wildman–Crippen LogP) is -2.04. The van der Waals surface area contributed by atoms with Gasteiger partial charge in [0.05, 0.1) is 6.61 Å². The van der Waals surface area contributed by atoms with E-state index < -0.39 is 59.8 Å². The summed E-state index contributed by atoms with van der Waals surface area (Å²) in [5, 5.41) is 20.4. The first-order valence-electron chi connectivity index (χ1n) is 7.64. The van der Waals surface area contributed by atoms with Crippen molar-refractivity contribution in [3.63, 3.8) is 0 Å². The zero-order valence-electron chi connectivity index (χ0n) is 14.9. The van der Waals surface area contributed by atoms with Crippen LogP contribution in [0.3, 0.4) is 0 Å². The Bertz CT molecular complexity index is 994. The van der Waals surface area contributed by atoms with Gasteiger partial charge in [0.15, 0.2) is 5.72 Å². The van der Waals surface area contributed by atoms with E-state index in [1.165, 1.54) is 13.0 Å². The number of nitrogens with zero attached hydrogens (tertiary/aromatic N) is 2. The second-order valence-corrected chi connectivity index (χ2v) is 10.5. The standard InChI is InChI=1S/C10H18N3O14P3/c1-10(13-3-2-6(11)12-9(13)16)8(15)7(14)5(25-10)4-24-29(20,21)27-30(22,23)26-28(17,18)19/h2-3,5,7-8,14-15H,4H2,1H3,(H,20,21)(H,22,23)(H2,11,12,16)(H2,17,18,19)/t5-,7-,8-,10-/m1/s1. The molecule has 1 aliphatic rings. The van der Waals surface area contributed by atoms with Crippen molar-refractivity contribution in [2.45, 2.75) is 31.0 Å². The lowest BCUT2D eigenvalue weighted by atomic mass is 10.0. The smallest absolute Gasteiger partial charge is 0.387 e. The number of hydrogen-bond donors (Lipinski definition) is 7. The van der Waals surface area contributed by atoms with Gasteiger partial charge in [0.1, 0.15) is 24.1 Å². The molecule has 8 N–H and O–H groups in total. The number of nitrogen functional groups attached to an aromatic ring is 1. The average molecular weight is 497 g/mol. The maximum atomic E-state index is 12.0. The molecule has 1 aromatic heterocycles. The molecule has 172 valence electrons. The van der Waals surface area contributed by atoms with Crippen LogP contribution in [0.5, 0.6) is 0 Å². The van der Waals surface area contributed by atoms with Crippen LogP contribution in [-0.2, 0) is 37.3 Å². The molecule has 1 aliphatic heterocycles. The highest BCUT2D eigenvalue weighted by Gasteiger charge is 2.54. The van der Waals surface area contributed by atoms with E-state index in [0.717, 1.165) is 10.8 Å². The van der Waals surface area contributed by atoms with E-state index in [2.05, 4.69) is 18.1 Å². The lowest BCUT2D eigenvalue weighted by Gasteiger charge is -2.29. The monoisotopic (exact) mass is 497 g/mol. The van der Waals surface area contributed by atoms with Crippen molar-refractivity contribution in [3.8, 4) is 0 Å². The van der Waals surface area contributed by atoms with Gasteiger partial charge in [-0.05, 0) is 13.0 Å². The first-order valence-corrected chi connectivity index (χ1v) is 12.2. The SMILES string of the molecule is C[C@@]1(n2ccc(N)nc2=O)O[C@H](COP(=O)(O)OP(=O)(O)OP(=O)(O)O)[C@@H](O)[C@H]1O. The Kier molecular flexibility index (Phi) is 7.14. The quantitative estimate of drug-likeness (QED) is 0.191. The average Bonchev–Trinajstić information content (AvgIpc) is 2.74. The highest BCUT2D eigenvalue weighted by Crippen LogP contribution is 2.66. The summed E-state index contributed by atoms with van der Waals surface area (Å²) < 4.78 is 51.2. The van der Waals surface area contributed by atoms with Crippen molar-refractivity contribution in [1.82, 2.24) is 9.55 Å². The molecule has 30 heavy (non-hydrogen) atoms. The fourth-order valence-electron chi connectivity index (χ4n) is 2.52. The van der Waals surface area contributed by atoms with Gasteiger partial charge in [-0.2, -0.15) is 13.6 Å². The molecular formula is C10H18N3O14P3. The number of rotatable bonds is 8. The molecule has 1 aromatic rings. The summed E-state index contributed by atoms with van der Waals surface area (Å²) in [5.41, 5.74) is 2.51. The van der Waals surface area contributed by atoms with E-state index in [0.29, 0.717) is 0 Å². The molecule has 0 saturated carbocycles. The van der Waals surface area contributed by atoms with Crippen molar-refractivity contribution in [3.05, 3.63) is 22.7 Å². The fourth-order valence-corrected chi connectivity index (χ4v) is 5.55. The molecular weight excluding hydrogens is 479 g/mol. The number of aliphatic hydroxyl groups excluding tert-OH is 2. The maximum absolute atomic E-state index is 12.0. The van der Waals surface area contributed by atoms with Crippen molar-refractivity contribution >= 4 is 29.3 Å². The molecule has 1 saturated heterocycles. The minimum atomic E-state index is -5.73. The first kappa shape index (κ1) is 25.2. The maximum Gasteiger partial charge on any atom is 0.490 e. The van der Waals surface area contributed by atoms with Crippen LogP contribution in [0.4, 0.5) is 5.82 Å². The van der Waals surface area contributed by atoms with Gasteiger partial charge in [0.2, 0.25) is 0 Å². The zero-order valence-corrected chi connectivity index (χ0v) is 17.5. The third-order valence-electron chi connectivity index (χ3n) is 3.76. The predicted molar refractivity (Wildman–Crippen MR) is 93.3 cm³/mol. The lowest BCUT2D eigenvalue weighted by molar-refractivity contribution is -0.136. The number of phosphoric ester groups is 1. The Labute approximate surface area is 167 Å². The Balaban J connectivity index is 2.12. The molecule has 0 amide bonds. The van der Waals surface area contributed by atoms with E-state index in [-0.39, 0.29) is 5.82 Å². The fraction of sp³-hybridized carbons (Fsp3) is 0.600. The first-order chi connectivity index (χ1) is 13.5. The molecule has 2 rings (SSSR count). The summed E-state index contributed by atoms with van der Waals surface area (Å²) >= 11 is 0. The molecule has 0 aliphatic carbocycles. The van der Waals surface area contributed by atoms with Crippen LogP contribution >= 0.6 is 23.5 Å². The topological polar surface area (TPSA) is 270 Å². The molecule has 0 radical (unpaired) electrons. The summed E-state index contributed by atoms with van der Waals surface area (Å²) in [4.78, 5) is 50.9. The van der Waals surface area contributed by atoms with Gasteiger partial charge in [-0.1, -0.05) is 0 Å². The van der Waals surface area contributed by atoms with Gasteiger partial charge in [0.25, 0.3) is 0 Å².